The Morgan fingerprint density at radius 2 is 2.00 bits per heavy atom. The highest BCUT2D eigenvalue weighted by Gasteiger charge is 2.11. The van der Waals surface area contributed by atoms with E-state index in [1.54, 1.807) is 13.2 Å². The fraction of sp³-hybridized carbons (Fsp3) is 0.214. The third kappa shape index (κ3) is 2.91. The number of rotatable bonds is 3. The first kappa shape index (κ1) is 12.2. The topological polar surface area (TPSA) is 51.5 Å². The number of ether oxygens (including phenoxy) is 1. The van der Waals surface area contributed by atoms with Crippen molar-refractivity contribution in [2.24, 2.45) is 0 Å². The summed E-state index contributed by atoms with van der Waals surface area (Å²) in [6.45, 7) is 3.91. The molecule has 18 heavy (non-hydrogen) atoms. The summed E-state index contributed by atoms with van der Waals surface area (Å²) in [6, 6.07) is 9.53. The highest BCUT2D eigenvalue weighted by atomic mass is 16.5. The molecule has 2 aromatic rings. The Kier molecular flexibility index (Phi) is 3.67. The summed E-state index contributed by atoms with van der Waals surface area (Å²) < 4.78 is 10.3. The van der Waals surface area contributed by atoms with Gasteiger partial charge in [-0.15, -0.1) is 0 Å². The predicted molar refractivity (Wildman–Crippen MR) is 68.4 cm³/mol. The van der Waals surface area contributed by atoms with E-state index in [1.165, 1.54) is 0 Å². The second-order valence-electron chi connectivity index (χ2n) is 4.04. The van der Waals surface area contributed by atoms with E-state index in [0.29, 0.717) is 11.4 Å². The van der Waals surface area contributed by atoms with Crippen molar-refractivity contribution in [2.75, 3.05) is 5.32 Å². The van der Waals surface area contributed by atoms with Gasteiger partial charge in [0.25, 0.3) is 0 Å². The zero-order chi connectivity index (χ0) is 13.0. The lowest BCUT2D eigenvalue weighted by atomic mass is 10.2. The highest BCUT2D eigenvalue weighted by molar-refractivity contribution is 5.86. The van der Waals surface area contributed by atoms with Crippen molar-refractivity contribution < 1.29 is 13.9 Å². The van der Waals surface area contributed by atoms with Gasteiger partial charge in [-0.1, -0.05) is 30.3 Å². The van der Waals surface area contributed by atoms with E-state index in [0.717, 1.165) is 11.1 Å². The van der Waals surface area contributed by atoms with Gasteiger partial charge in [0, 0.05) is 5.56 Å². The summed E-state index contributed by atoms with van der Waals surface area (Å²) in [5, 5.41) is 2.67. The SMILES string of the molecule is Cc1coc(C)c1NC(=O)OCc1ccccc1. The average Bonchev–Trinajstić information content (AvgIpc) is 2.69. The number of aryl methyl sites for hydroxylation is 2. The molecule has 0 radical (unpaired) electrons. The molecule has 1 amide bonds. The van der Waals surface area contributed by atoms with Crippen molar-refractivity contribution in [3.8, 4) is 0 Å². The lowest BCUT2D eigenvalue weighted by molar-refractivity contribution is 0.155. The standard InChI is InChI=1S/C14H15NO3/c1-10-8-17-11(2)13(10)15-14(16)18-9-12-6-4-3-5-7-12/h3-8H,9H2,1-2H3,(H,15,16). The molecule has 0 aliphatic heterocycles. The fourth-order valence-electron chi connectivity index (χ4n) is 1.62. The van der Waals surface area contributed by atoms with Crippen molar-refractivity contribution in [3.63, 3.8) is 0 Å². The molecule has 4 nitrogen and oxygen atoms in total. The Morgan fingerprint density at radius 1 is 1.28 bits per heavy atom. The van der Waals surface area contributed by atoms with Gasteiger partial charge in [0.1, 0.15) is 12.4 Å². The fourth-order valence-corrected chi connectivity index (χ4v) is 1.62. The molecule has 0 aliphatic carbocycles. The molecule has 94 valence electrons. The van der Waals surface area contributed by atoms with Crippen molar-refractivity contribution in [2.45, 2.75) is 20.5 Å². The molecule has 0 spiro atoms. The zero-order valence-corrected chi connectivity index (χ0v) is 10.4. The Labute approximate surface area is 106 Å². The van der Waals surface area contributed by atoms with Gasteiger partial charge in [-0.2, -0.15) is 0 Å². The van der Waals surface area contributed by atoms with Crippen LogP contribution in [0.25, 0.3) is 0 Å². The van der Waals surface area contributed by atoms with Crippen LogP contribution in [0.4, 0.5) is 10.5 Å². The molecule has 0 bridgehead atoms. The third-order valence-corrected chi connectivity index (χ3v) is 2.60. The molecule has 1 aromatic heterocycles. The number of hydrogen-bond acceptors (Lipinski definition) is 3. The van der Waals surface area contributed by atoms with Crippen molar-refractivity contribution in [1.82, 2.24) is 0 Å². The molecule has 0 atom stereocenters. The molecule has 1 N–H and O–H groups in total. The minimum atomic E-state index is -0.480. The smallest absolute Gasteiger partial charge is 0.412 e. The number of anilines is 1. The van der Waals surface area contributed by atoms with Crippen LogP contribution in [0, 0.1) is 13.8 Å². The molecule has 1 heterocycles. The molecular weight excluding hydrogens is 230 g/mol. The maximum Gasteiger partial charge on any atom is 0.412 e. The second-order valence-corrected chi connectivity index (χ2v) is 4.04. The van der Waals surface area contributed by atoms with E-state index < -0.39 is 6.09 Å². The normalized spacial score (nSPS) is 10.1. The van der Waals surface area contributed by atoms with E-state index in [-0.39, 0.29) is 6.61 Å². The Hall–Kier alpha value is -2.23. The first-order chi connectivity index (χ1) is 8.66. The lowest BCUT2D eigenvalue weighted by Gasteiger charge is -2.07. The third-order valence-electron chi connectivity index (χ3n) is 2.60. The zero-order valence-electron chi connectivity index (χ0n) is 10.4. The van der Waals surface area contributed by atoms with E-state index in [4.69, 9.17) is 9.15 Å². The maximum absolute atomic E-state index is 11.6. The van der Waals surface area contributed by atoms with Gasteiger partial charge in [-0.3, -0.25) is 5.32 Å². The van der Waals surface area contributed by atoms with Crippen LogP contribution >= 0.6 is 0 Å². The molecule has 0 saturated carbocycles. The quantitative estimate of drug-likeness (QED) is 0.898. The van der Waals surface area contributed by atoms with Crippen LogP contribution in [-0.4, -0.2) is 6.09 Å². The van der Waals surface area contributed by atoms with Gasteiger partial charge in [-0.05, 0) is 19.4 Å². The van der Waals surface area contributed by atoms with Crippen LogP contribution in [0.1, 0.15) is 16.9 Å². The van der Waals surface area contributed by atoms with Crippen LogP contribution < -0.4 is 5.32 Å². The van der Waals surface area contributed by atoms with Gasteiger partial charge >= 0.3 is 6.09 Å². The van der Waals surface area contributed by atoms with Crippen LogP contribution in [0.3, 0.4) is 0 Å². The monoisotopic (exact) mass is 245 g/mol. The maximum atomic E-state index is 11.6. The number of carbonyl (C=O) groups is 1. The minimum absolute atomic E-state index is 0.253. The van der Waals surface area contributed by atoms with E-state index in [1.807, 2.05) is 37.3 Å². The average molecular weight is 245 g/mol. The molecule has 2 rings (SSSR count). The summed E-state index contributed by atoms with van der Waals surface area (Å²) in [7, 11) is 0. The second kappa shape index (κ2) is 5.40. The molecule has 4 heteroatoms. The number of furan rings is 1. The summed E-state index contributed by atoms with van der Waals surface area (Å²) >= 11 is 0. The highest BCUT2D eigenvalue weighted by Crippen LogP contribution is 2.21. The van der Waals surface area contributed by atoms with Crippen molar-refractivity contribution >= 4 is 11.8 Å². The van der Waals surface area contributed by atoms with Crippen LogP contribution in [0.15, 0.2) is 41.0 Å². The molecular formula is C14H15NO3. The number of nitrogens with one attached hydrogen (secondary N) is 1. The molecule has 0 fully saturated rings. The van der Waals surface area contributed by atoms with Gasteiger partial charge in [0.2, 0.25) is 0 Å². The Bertz CT molecular complexity index is 512. The first-order valence-electron chi connectivity index (χ1n) is 5.69. The van der Waals surface area contributed by atoms with Crippen molar-refractivity contribution in [1.29, 1.82) is 0 Å². The van der Waals surface area contributed by atoms with Crippen LogP contribution in [0.5, 0.6) is 0 Å². The number of benzene rings is 1. The summed E-state index contributed by atoms with van der Waals surface area (Å²) in [4.78, 5) is 11.6. The van der Waals surface area contributed by atoms with E-state index in [2.05, 4.69) is 5.32 Å². The molecule has 0 unspecified atom stereocenters. The Balaban J connectivity index is 1.90. The predicted octanol–water partition coefficient (Wildman–Crippen LogP) is 3.65. The van der Waals surface area contributed by atoms with Crippen LogP contribution in [0.2, 0.25) is 0 Å². The molecule has 0 saturated heterocycles. The summed E-state index contributed by atoms with van der Waals surface area (Å²) in [6.07, 6.45) is 1.12. The van der Waals surface area contributed by atoms with Crippen LogP contribution in [-0.2, 0) is 11.3 Å². The number of hydrogen-bond donors (Lipinski definition) is 1. The number of carbonyl (C=O) groups excluding carboxylic acids is 1. The largest absolute Gasteiger partial charge is 0.467 e. The summed E-state index contributed by atoms with van der Waals surface area (Å²) in [5.41, 5.74) is 2.51. The van der Waals surface area contributed by atoms with Gasteiger partial charge in [-0.25, -0.2) is 4.79 Å². The minimum Gasteiger partial charge on any atom is -0.467 e. The number of amides is 1. The van der Waals surface area contributed by atoms with Gasteiger partial charge in [0.15, 0.2) is 0 Å². The van der Waals surface area contributed by atoms with Crippen molar-refractivity contribution in [3.05, 3.63) is 53.5 Å². The van der Waals surface area contributed by atoms with E-state index in [9.17, 15) is 4.79 Å². The summed E-state index contributed by atoms with van der Waals surface area (Å²) in [5.74, 6) is 0.671. The van der Waals surface area contributed by atoms with Gasteiger partial charge < -0.3 is 9.15 Å². The Morgan fingerprint density at radius 3 is 2.61 bits per heavy atom. The molecule has 0 aliphatic rings. The lowest BCUT2D eigenvalue weighted by Crippen LogP contribution is -2.14. The molecule has 1 aromatic carbocycles. The first-order valence-corrected chi connectivity index (χ1v) is 5.69. The van der Waals surface area contributed by atoms with Gasteiger partial charge in [0.05, 0.1) is 12.0 Å². The van der Waals surface area contributed by atoms with E-state index >= 15 is 0 Å².